The molecule has 0 saturated carbocycles. The van der Waals surface area contributed by atoms with Crippen LogP contribution in [-0.2, 0) is 14.4 Å². The number of carbonyl (C=O) groups excluding carboxylic acids is 3. The van der Waals surface area contributed by atoms with E-state index in [4.69, 9.17) is 4.74 Å². The van der Waals surface area contributed by atoms with E-state index in [0.29, 0.717) is 23.0 Å². The summed E-state index contributed by atoms with van der Waals surface area (Å²) in [4.78, 5) is 37.9. The number of para-hydroxylation sites is 2. The molecule has 1 unspecified atom stereocenters. The molecule has 0 aromatic heterocycles. The van der Waals surface area contributed by atoms with Crippen molar-refractivity contribution in [2.24, 2.45) is 5.10 Å². The highest BCUT2D eigenvalue weighted by Crippen LogP contribution is 2.25. The van der Waals surface area contributed by atoms with Gasteiger partial charge in [0.2, 0.25) is 5.91 Å². The monoisotopic (exact) mass is 488 g/mol. The molecule has 9 heteroatoms. The number of anilines is 2. The Morgan fingerprint density at radius 2 is 1.63 bits per heavy atom. The lowest BCUT2D eigenvalue weighted by Gasteiger charge is -2.12. The number of hydrogen-bond donors (Lipinski definition) is 2. The minimum Gasteiger partial charge on any atom is -0.484 e. The molecule has 1 aliphatic rings. The van der Waals surface area contributed by atoms with Crippen molar-refractivity contribution in [2.75, 3.05) is 16.9 Å². The molecule has 0 radical (unpaired) electrons. The Morgan fingerprint density at radius 3 is 2.31 bits per heavy atom. The Hall–Kier alpha value is -4.11. The van der Waals surface area contributed by atoms with Gasteiger partial charge in [0.25, 0.3) is 11.8 Å². The van der Waals surface area contributed by atoms with Crippen LogP contribution in [0.25, 0.3) is 0 Å². The Balaban J connectivity index is 1.25. The van der Waals surface area contributed by atoms with Crippen LogP contribution in [0, 0.1) is 0 Å². The normalized spacial score (nSPS) is 13.7. The van der Waals surface area contributed by atoms with Gasteiger partial charge in [-0.3, -0.25) is 14.4 Å². The Morgan fingerprint density at radius 1 is 0.971 bits per heavy atom. The maximum Gasteiger partial charge on any atom is 0.262 e. The first-order valence-corrected chi connectivity index (χ1v) is 11.9. The maximum absolute atomic E-state index is 12.6. The van der Waals surface area contributed by atoms with Crippen LogP contribution >= 0.6 is 11.8 Å². The zero-order valence-electron chi connectivity index (χ0n) is 19.0. The predicted molar refractivity (Wildman–Crippen MR) is 136 cm³/mol. The molecule has 3 aromatic carbocycles. The number of thioether (sulfide) groups is 1. The molecule has 4 rings (SSSR count). The van der Waals surface area contributed by atoms with Crippen molar-refractivity contribution in [1.29, 1.82) is 0 Å². The fourth-order valence-corrected chi connectivity index (χ4v) is 4.12. The molecule has 2 N–H and O–H groups in total. The van der Waals surface area contributed by atoms with Crippen molar-refractivity contribution >= 4 is 46.7 Å². The van der Waals surface area contributed by atoms with Crippen LogP contribution in [0.4, 0.5) is 11.4 Å². The molecule has 1 heterocycles. The highest BCUT2D eigenvalue weighted by atomic mass is 32.2. The quantitative estimate of drug-likeness (QED) is 0.466. The number of hydrogen-bond acceptors (Lipinski definition) is 6. The van der Waals surface area contributed by atoms with Gasteiger partial charge in [-0.15, -0.1) is 11.8 Å². The van der Waals surface area contributed by atoms with Crippen molar-refractivity contribution < 1.29 is 19.1 Å². The molecule has 0 spiro atoms. The average molecular weight is 489 g/mol. The Bertz CT molecular complexity index is 1220. The molecule has 178 valence electrons. The van der Waals surface area contributed by atoms with Gasteiger partial charge in [-0.05, 0) is 55.5 Å². The van der Waals surface area contributed by atoms with Crippen LogP contribution in [0.3, 0.4) is 0 Å². The van der Waals surface area contributed by atoms with Gasteiger partial charge in [-0.2, -0.15) is 10.1 Å². The third-order valence-electron chi connectivity index (χ3n) is 4.98. The molecular formula is C26H24N4O4S. The number of nitrogens with one attached hydrogen (secondary N) is 2. The average Bonchev–Trinajstić information content (AvgIpc) is 3.24. The van der Waals surface area contributed by atoms with Crippen LogP contribution < -0.4 is 20.4 Å². The van der Waals surface area contributed by atoms with Gasteiger partial charge in [0.1, 0.15) is 11.6 Å². The van der Waals surface area contributed by atoms with Crippen LogP contribution in [-0.4, -0.2) is 35.4 Å². The van der Waals surface area contributed by atoms with E-state index in [1.807, 2.05) is 48.5 Å². The van der Waals surface area contributed by atoms with Gasteiger partial charge in [0.15, 0.2) is 6.61 Å². The lowest BCUT2D eigenvalue weighted by atomic mass is 10.3. The van der Waals surface area contributed by atoms with Crippen molar-refractivity contribution in [3.8, 4) is 5.75 Å². The third kappa shape index (κ3) is 6.70. The summed E-state index contributed by atoms with van der Waals surface area (Å²) in [6, 6.07) is 25.4. The summed E-state index contributed by atoms with van der Waals surface area (Å²) in [5.74, 6) is 0.249. The van der Waals surface area contributed by atoms with Crippen molar-refractivity contribution in [1.82, 2.24) is 5.32 Å². The van der Waals surface area contributed by atoms with E-state index < -0.39 is 5.25 Å². The van der Waals surface area contributed by atoms with Crippen LogP contribution in [0.1, 0.15) is 13.3 Å². The number of amidine groups is 1. The number of nitrogens with zero attached hydrogens (tertiary/aromatic N) is 2. The number of rotatable bonds is 8. The van der Waals surface area contributed by atoms with Crippen LogP contribution in [0.2, 0.25) is 0 Å². The molecule has 1 aliphatic heterocycles. The van der Waals surface area contributed by atoms with Crippen molar-refractivity contribution in [3.63, 3.8) is 0 Å². The molecule has 3 amide bonds. The number of benzene rings is 3. The summed E-state index contributed by atoms with van der Waals surface area (Å²) in [5.41, 5.74) is 1.29. The minimum atomic E-state index is -0.418. The number of hydrazone groups is 1. The molecule has 8 nitrogen and oxygen atoms in total. The smallest absolute Gasteiger partial charge is 0.262 e. The molecule has 1 atom stereocenters. The Labute approximate surface area is 207 Å². The minimum absolute atomic E-state index is 0.0421. The first-order valence-electron chi connectivity index (χ1n) is 11.0. The van der Waals surface area contributed by atoms with Gasteiger partial charge >= 0.3 is 0 Å². The van der Waals surface area contributed by atoms with Gasteiger partial charge in [0.05, 0.1) is 17.4 Å². The molecule has 35 heavy (non-hydrogen) atoms. The standard InChI is InChI=1S/C26H24N4O4S/c1-18(26(33)28-23-16-25(32)30(29-23)20-8-4-2-5-9-20)35-22-14-12-19(13-15-22)27-24(31)17-34-21-10-6-3-7-11-21/h2-15,18H,16-17H2,1H3,(H,27,31)(H,28,29,33). The van der Waals surface area contributed by atoms with E-state index in [1.165, 1.54) is 16.8 Å². The summed E-state index contributed by atoms with van der Waals surface area (Å²) in [6.07, 6.45) is 0.0421. The van der Waals surface area contributed by atoms with Gasteiger partial charge in [-0.1, -0.05) is 36.4 Å². The van der Waals surface area contributed by atoms with Crippen LogP contribution in [0.5, 0.6) is 5.75 Å². The van der Waals surface area contributed by atoms with E-state index in [-0.39, 0.29) is 30.7 Å². The van der Waals surface area contributed by atoms with Gasteiger partial charge < -0.3 is 15.4 Å². The zero-order valence-corrected chi connectivity index (χ0v) is 19.8. The number of carbonyl (C=O) groups is 3. The maximum atomic E-state index is 12.6. The first-order chi connectivity index (χ1) is 17.0. The fraction of sp³-hybridized carbons (Fsp3) is 0.154. The zero-order chi connectivity index (χ0) is 24.6. The molecule has 0 fully saturated rings. The van der Waals surface area contributed by atoms with E-state index in [9.17, 15) is 14.4 Å². The second-order valence-electron chi connectivity index (χ2n) is 7.69. The summed E-state index contributed by atoms with van der Waals surface area (Å²) in [6.45, 7) is 1.69. The number of ether oxygens (including phenoxy) is 1. The molecule has 3 aromatic rings. The summed E-state index contributed by atoms with van der Waals surface area (Å²) >= 11 is 1.37. The summed E-state index contributed by atoms with van der Waals surface area (Å²) in [5, 5.41) is 10.7. The van der Waals surface area contributed by atoms with Crippen molar-refractivity contribution in [3.05, 3.63) is 84.9 Å². The van der Waals surface area contributed by atoms with Crippen molar-refractivity contribution in [2.45, 2.75) is 23.5 Å². The summed E-state index contributed by atoms with van der Waals surface area (Å²) in [7, 11) is 0. The molecule has 0 bridgehead atoms. The van der Waals surface area contributed by atoms with E-state index >= 15 is 0 Å². The summed E-state index contributed by atoms with van der Waals surface area (Å²) < 4.78 is 5.44. The van der Waals surface area contributed by atoms with Gasteiger partial charge in [0, 0.05) is 10.6 Å². The third-order valence-corrected chi connectivity index (χ3v) is 6.09. The molecule has 0 aliphatic carbocycles. The predicted octanol–water partition coefficient (Wildman–Crippen LogP) is 4.05. The Kier molecular flexibility index (Phi) is 7.79. The largest absolute Gasteiger partial charge is 0.484 e. The first kappa shape index (κ1) is 24.0. The number of amides is 3. The van der Waals surface area contributed by atoms with Crippen LogP contribution in [0.15, 0.2) is 94.9 Å². The second kappa shape index (κ2) is 11.3. The lowest BCUT2D eigenvalue weighted by Crippen LogP contribution is -2.35. The topological polar surface area (TPSA) is 100 Å². The highest BCUT2D eigenvalue weighted by Gasteiger charge is 2.27. The van der Waals surface area contributed by atoms with E-state index in [2.05, 4.69) is 15.7 Å². The SMILES string of the molecule is CC(Sc1ccc(NC(=O)COc2ccccc2)cc1)C(=O)NC1=NN(c2ccccc2)C(=O)C1. The molecular weight excluding hydrogens is 464 g/mol. The van der Waals surface area contributed by atoms with E-state index in [0.717, 1.165) is 4.90 Å². The highest BCUT2D eigenvalue weighted by molar-refractivity contribution is 8.00. The van der Waals surface area contributed by atoms with Gasteiger partial charge in [-0.25, -0.2) is 0 Å². The lowest BCUT2D eigenvalue weighted by molar-refractivity contribution is -0.119. The second-order valence-corrected chi connectivity index (χ2v) is 9.10. The fourth-order valence-electron chi connectivity index (χ4n) is 3.25. The molecule has 0 saturated heterocycles. The van der Waals surface area contributed by atoms with E-state index in [1.54, 1.807) is 43.3 Å².